The van der Waals surface area contributed by atoms with Crippen LogP contribution in [0.5, 0.6) is 5.75 Å². The van der Waals surface area contributed by atoms with Gasteiger partial charge in [-0.05, 0) is 63.3 Å². The van der Waals surface area contributed by atoms with Gasteiger partial charge < -0.3 is 19.2 Å². The highest BCUT2D eigenvalue weighted by Gasteiger charge is 2.30. The summed E-state index contributed by atoms with van der Waals surface area (Å²) in [5.41, 5.74) is 2.04. The van der Waals surface area contributed by atoms with Crippen molar-refractivity contribution in [2.24, 2.45) is 0 Å². The van der Waals surface area contributed by atoms with Crippen molar-refractivity contribution in [1.29, 1.82) is 0 Å². The number of quaternary nitrogens is 1. The Labute approximate surface area is 213 Å². The predicted octanol–water partition coefficient (Wildman–Crippen LogP) is 4.47. The zero-order valence-electron chi connectivity index (χ0n) is 20.8. The molecular formula is C28H31N2O5S+. The Balaban J connectivity index is 1.79. The van der Waals surface area contributed by atoms with Crippen molar-refractivity contribution in [3.8, 4) is 16.3 Å². The molecule has 1 aliphatic rings. The first-order chi connectivity index (χ1) is 17.4. The van der Waals surface area contributed by atoms with E-state index in [9.17, 15) is 14.7 Å². The number of ether oxygens (including phenoxy) is 1. The van der Waals surface area contributed by atoms with Crippen LogP contribution in [-0.4, -0.2) is 35.3 Å². The number of phenolic OH excluding ortho intramolecular Hbond substituents is 1. The second kappa shape index (κ2) is 10.0. The number of aromatic hydroxyl groups is 1. The number of benzene rings is 2. The number of aromatic nitrogens is 1. The van der Waals surface area contributed by atoms with Crippen molar-refractivity contribution in [1.82, 2.24) is 4.98 Å². The number of thiazole rings is 1. The summed E-state index contributed by atoms with van der Waals surface area (Å²) in [5, 5.41) is 12.0. The van der Waals surface area contributed by atoms with Crippen LogP contribution < -0.4 is 10.3 Å². The number of phenols is 1. The average Bonchev–Trinajstić information content (AvgIpc) is 3.30. The van der Waals surface area contributed by atoms with E-state index in [0.717, 1.165) is 29.6 Å². The molecule has 7 nitrogen and oxygen atoms in total. The van der Waals surface area contributed by atoms with Gasteiger partial charge in [0.2, 0.25) is 11.2 Å². The van der Waals surface area contributed by atoms with Gasteiger partial charge in [-0.1, -0.05) is 19.1 Å². The second-order valence-electron chi connectivity index (χ2n) is 9.42. The van der Waals surface area contributed by atoms with E-state index >= 15 is 0 Å². The Morgan fingerprint density at radius 3 is 2.81 bits per heavy atom. The number of hydrogen-bond acceptors (Lipinski definition) is 7. The van der Waals surface area contributed by atoms with E-state index < -0.39 is 5.97 Å². The first-order valence-electron chi connectivity index (χ1n) is 12.6. The molecule has 5 rings (SSSR count). The highest BCUT2D eigenvalue weighted by Crippen LogP contribution is 2.36. The molecule has 2 aromatic heterocycles. The maximum absolute atomic E-state index is 14.0. The van der Waals surface area contributed by atoms with Crippen LogP contribution in [0.3, 0.4) is 0 Å². The van der Waals surface area contributed by atoms with Crippen molar-refractivity contribution >= 4 is 38.5 Å². The lowest BCUT2D eigenvalue weighted by Crippen LogP contribution is -3.14. The fraction of sp³-hybridized carbons (Fsp3) is 0.393. The third-order valence-corrected chi connectivity index (χ3v) is 8.22. The molecule has 36 heavy (non-hydrogen) atoms. The Morgan fingerprint density at radius 2 is 2.08 bits per heavy atom. The molecule has 8 heteroatoms. The quantitative estimate of drug-likeness (QED) is 0.374. The highest BCUT2D eigenvalue weighted by atomic mass is 32.1. The zero-order chi connectivity index (χ0) is 25.4. The summed E-state index contributed by atoms with van der Waals surface area (Å²) in [6, 6.07) is 9.71. The molecule has 0 amide bonds. The molecule has 188 valence electrons. The van der Waals surface area contributed by atoms with Gasteiger partial charge in [-0.3, -0.25) is 4.79 Å². The Hall–Kier alpha value is -3.23. The molecular weight excluding hydrogens is 476 g/mol. The smallest absolute Gasteiger partial charge is 0.375 e. The zero-order valence-corrected chi connectivity index (χ0v) is 21.7. The molecule has 1 aliphatic heterocycles. The van der Waals surface area contributed by atoms with Crippen molar-refractivity contribution in [3.05, 3.63) is 57.4 Å². The molecule has 4 aromatic rings. The predicted molar refractivity (Wildman–Crippen MR) is 141 cm³/mol. The number of esters is 1. The van der Waals surface area contributed by atoms with Crippen LogP contribution in [0, 0.1) is 0 Å². The number of nitrogens with zero attached hydrogens (tertiary/aromatic N) is 1. The standard InChI is InChI=1S/C28H30N2O5S/c1-4-17-14-18-24(32)22(27-29-20-11-6-7-12-21(20)36-27)26(28(33)34-5-2)35-25(18)19(23(17)31)15-30-13-9-8-10-16(30)3/h6-7,11-12,14,16,31H,4-5,8-10,13,15H2,1-3H3/p+1/t16-/m1/s1. The summed E-state index contributed by atoms with van der Waals surface area (Å²) in [7, 11) is 0. The van der Waals surface area contributed by atoms with Crippen LogP contribution in [-0.2, 0) is 17.7 Å². The first kappa shape index (κ1) is 24.5. The number of piperidine rings is 1. The molecule has 1 saturated heterocycles. The van der Waals surface area contributed by atoms with E-state index in [-0.39, 0.29) is 34.7 Å². The van der Waals surface area contributed by atoms with E-state index in [2.05, 4.69) is 11.9 Å². The number of likely N-dealkylation sites (tertiary alicyclic amines) is 1. The average molecular weight is 508 g/mol. The molecule has 0 radical (unpaired) electrons. The van der Waals surface area contributed by atoms with Gasteiger partial charge in [0.05, 0.1) is 40.4 Å². The fourth-order valence-corrected chi connectivity index (χ4v) is 6.14. The van der Waals surface area contributed by atoms with E-state index in [1.54, 1.807) is 13.0 Å². The minimum absolute atomic E-state index is 0.111. The number of carbonyl (C=O) groups excluding carboxylic acids is 1. The largest absolute Gasteiger partial charge is 0.507 e. The van der Waals surface area contributed by atoms with E-state index in [0.29, 0.717) is 40.5 Å². The molecule has 2 N–H and O–H groups in total. The van der Waals surface area contributed by atoms with Crippen molar-refractivity contribution in [2.75, 3.05) is 13.2 Å². The summed E-state index contributed by atoms with van der Waals surface area (Å²) in [4.78, 5) is 33.1. The summed E-state index contributed by atoms with van der Waals surface area (Å²) in [6.45, 7) is 7.51. The monoisotopic (exact) mass is 507 g/mol. The molecule has 0 aliphatic carbocycles. The van der Waals surface area contributed by atoms with E-state index in [1.807, 2.05) is 31.2 Å². The van der Waals surface area contributed by atoms with Crippen molar-refractivity contribution in [3.63, 3.8) is 0 Å². The number of carbonyl (C=O) groups is 1. The lowest BCUT2D eigenvalue weighted by Gasteiger charge is -2.30. The Bertz CT molecular complexity index is 1470. The molecule has 0 saturated carbocycles. The van der Waals surface area contributed by atoms with Crippen LogP contribution in [0.25, 0.3) is 31.8 Å². The molecule has 2 aromatic carbocycles. The molecule has 2 atom stereocenters. The van der Waals surface area contributed by atoms with Gasteiger partial charge in [0.25, 0.3) is 0 Å². The maximum atomic E-state index is 14.0. The van der Waals surface area contributed by atoms with Gasteiger partial charge in [0.1, 0.15) is 22.9 Å². The Morgan fingerprint density at radius 1 is 1.28 bits per heavy atom. The summed E-state index contributed by atoms with van der Waals surface area (Å²) in [5.74, 6) is -0.740. The third-order valence-electron chi connectivity index (χ3n) is 7.17. The van der Waals surface area contributed by atoms with Gasteiger partial charge in [-0.15, -0.1) is 11.3 Å². The van der Waals surface area contributed by atoms with Gasteiger partial charge in [0.15, 0.2) is 5.58 Å². The fourth-order valence-electron chi connectivity index (χ4n) is 5.14. The number of fused-ring (bicyclic) bond motifs is 2. The van der Waals surface area contributed by atoms with Gasteiger partial charge in [-0.25, -0.2) is 9.78 Å². The topological polar surface area (TPSA) is 94.1 Å². The minimum atomic E-state index is -0.713. The lowest BCUT2D eigenvalue weighted by molar-refractivity contribution is -0.941. The number of aryl methyl sites for hydroxylation is 1. The molecule has 0 bridgehead atoms. The van der Waals surface area contributed by atoms with Crippen LogP contribution in [0.2, 0.25) is 0 Å². The van der Waals surface area contributed by atoms with Crippen LogP contribution in [0.4, 0.5) is 0 Å². The second-order valence-corrected chi connectivity index (χ2v) is 10.4. The summed E-state index contributed by atoms with van der Waals surface area (Å²) in [6.07, 6.45) is 3.99. The van der Waals surface area contributed by atoms with Gasteiger partial charge in [-0.2, -0.15) is 0 Å². The van der Waals surface area contributed by atoms with E-state index in [4.69, 9.17) is 9.15 Å². The third kappa shape index (κ3) is 4.29. The molecule has 1 unspecified atom stereocenters. The first-order valence-corrected chi connectivity index (χ1v) is 13.5. The SMILES string of the molecule is CCOC(=O)c1oc2c(C[NH+]3CCCC[C@H]3C)c(O)c(CC)cc2c(=O)c1-c1nc2ccccc2s1. The Kier molecular flexibility index (Phi) is 6.81. The number of nitrogens with one attached hydrogen (secondary N) is 1. The van der Waals surface area contributed by atoms with Crippen LogP contribution in [0.1, 0.15) is 61.7 Å². The van der Waals surface area contributed by atoms with Crippen molar-refractivity contribution < 1.29 is 24.0 Å². The number of hydrogen-bond donors (Lipinski definition) is 2. The molecule has 1 fully saturated rings. The van der Waals surface area contributed by atoms with Gasteiger partial charge >= 0.3 is 5.97 Å². The summed E-state index contributed by atoms with van der Waals surface area (Å²) < 4.78 is 12.4. The van der Waals surface area contributed by atoms with Crippen molar-refractivity contribution in [2.45, 2.75) is 59.0 Å². The van der Waals surface area contributed by atoms with Crippen LogP contribution >= 0.6 is 11.3 Å². The minimum Gasteiger partial charge on any atom is -0.507 e. The highest BCUT2D eigenvalue weighted by molar-refractivity contribution is 7.21. The maximum Gasteiger partial charge on any atom is 0.375 e. The number of rotatable bonds is 6. The number of para-hydroxylation sites is 1. The molecule has 0 spiro atoms. The normalized spacial score (nSPS) is 18.1. The lowest BCUT2D eigenvalue weighted by atomic mass is 9.98. The van der Waals surface area contributed by atoms with Gasteiger partial charge in [0, 0.05) is 0 Å². The molecule has 3 heterocycles. The van der Waals surface area contributed by atoms with E-state index in [1.165, 1.54) is 22.7 Å². The van der Waals surface area contributed by atoms with Crippen LogP contribution in [0.15, 0.2) is 39.5 Å². The summed E-state index contributed by atoms with van der Waals surface area (Å²) >= 11 is 1.34.